The van der Waals surface area contributed by atoms with Gasteiger partial charge in [-0.15, -0.1) is 0 Å². The minimum absolute atomic E-state index is 0.325. The maximum absolute atomic E-state index is 5.49. The van der Waals surface area contributed by atoms with Gasteiger partial charge < -0.3 is 19.7 Å². The van der Waals surface area contributed by atoms with Crippen molar-refractivity contribution in [3.63, 3.8) is 0 Å². The van der Waals surface area contributed by atoms with Crippen LogP contribution in [0.5, 0.6) is 11.5 Å². The molecular weight excluding hydrogens is 354 g/mol. The second-order valence-electron chi connectivity index (χ2n) is 7.35. The smallest absolute Gasteiger partial charge is 0.231 e. The average molecular weight is 383 g/mol. The van der Waals surface area contributed by atoms with Crippen LogP contribution in [0, 0.1) is 0 Å². The summed E-state index contributed by atoms with van der Waals surface area (Å²) in [5.41, 5.74) is 1.26. The summed E-state index contributed by atoms with van der Waals surface area (Å²) in [5, 5.41) is 3.41. The van der Waals surface area contributed by atoms with Gasteiger partial charge in [0.2, 0.25) is 6.79 Å². The molecule has 0 unspecified atom stereocenters. The minimum atomic E-state index is 0.325. The second-order valence-corrected chi connectivity index (χ2v) is 7.35. The van der Waals surface area contributed by atoms with Gasteiger partial charge in [-0.05, 0) is 24.1 Å². The largest absolute Gasteiger partial charge is 0.454 e. The van der Waals surface area contributed by atoms with E-state index in [-0.39, 0.29) is 0 Å². The van der Waals surface area contributed by atoms with Crippen molar-refractivity contribution >= 4 is 11.6 Å². The number of hydrogen-bond acceptors (Lipinski definition) is 7. The van der Waals surface area contributed by atoms with Crippen LogP contribution in [0.2, 0.25) is 0 Å². The van der Waals surface area contributed by atoms with Crippen molar-refractivity contribution in [2.45, 2.75) is 32.7 Å². The molecule has 2 aliphatic heterocycles. The first kappa shape index (κ1) is 18.8. The summed E-state index contributed by atoms with van der Waals surface area (Å²) in [7, 11) is 0. The molecule has 7 nitrogen and oxygen atoms in total. The molecule has 0 radical (unpaired) electrons. The lowest BCUT2D eigenvalue weighted by molar-refractivity contribution is 0.174. The number of benzene rings is 1. The maximum atomic E-state index is 5.49. The molecule has 0 saturated carbocycles. The van der Waals surface area contributed by atoms with Crippen LogP contribution in [0.15, 0.2) is 30.6 Å². The van der Waals surface area contributed by atoms with Crippen LogP contribution in [0.4, 0.5) is 11.6 Å². The molecule has 7 heteroatoms. The first-order valence-corrected chi connectivity index (χ1v) is 10.2. The van der Waals surface area contributed by atoms with Crippen LogP contribution in [-0.2, 0) is 6.54 Å². The molecule has 1 saturated heterocycles. The molecule has 150 valence electrons. The lowest BCUT2D eigenvalue weighted by Crippen LogP contribution is -2.46. The first-order valence-electron chi connectivity index (χ1n) is 10.2. The third-order valence-electron chi connectivity index (χ3n) is 5.28. The molecule has 1 fully saturated rings. The number of piperazine rings is 1. The van der Waals surface area contributed by atoms with Crippen LogP contribution in [0.1, 0.15) is 31.7 Å². The minimum Gasteiger partial charge on any atom is -0.454 e. The van der Waals surface area contributed by atoms with Crippen LogP contribution < -0.4 is 19.7 Å². The fraction of sp³-hybridized carbons (Fsp3) is 0.524. The highest BCUT2D eigenvalue weighted by atomic mass is 16.7. The van der Waals surface area contributed by atoms with Gasteiger partial charge in [-0.25, -0.2) is 9.97 Å². The van der Waals surface area contributed by atoms with Crippen molar-refractivity contribution in [1.29, 1.82) is 0 Å². The fourth-order valence-corrected chi connectivity index (χ4v) is 3.64. The molecule has 0 aliphatic carbocycles. The number of nitrogens with one attached hydrogen (secondary N) is 1. The molecule has 3 heterocycles. The van der Waals surface area contributed by atoms with Gasteiger partial charge in [0.1, 0.15) is 18.0 Å². The van der Waals surface area contributed by atoms with Gasteiger partial charge in [0.25, 0.3) is 0 Å². The zero-order chi connectivity index (χ0) is 19.2. The van der Waals surface area contributed by atoms with Crippen LogP contribution in [0.25, 0.3) is 0 Å². The Morgan fingerprint density at radius 2 is 1.86 bits per heavy atom. The number of rotatable bonds is 8. The van der Waals surface area contributed by atoms with Crippen molar-refractivity contribution in [3.05, 3.63) is 36.2 Å². The van der Waals surface area contributed by atoms with Gasteiger partial charge >= 0.3 is 0 Å². The Morgan fingerprint density at radius 1 is 1.00 bits per heavy atom. The highest BCUT2D eigenvalue weighted by Gasteiger charge is 2.20. The Bertz CT molecular complexity index is 777. The number of aromatic nitrogens is 2. The number of ether oxygens (including phenoxy) is 2. The van der Waals surface area contributed by atoms with Gasteiger partial charge in [-0.3, -0.25) is 4.90 Å². The summed E-state index contributed by atoms with van der Waals surface area (Å²) in [4.78, 5) is 13.6. The van der Waals surface area contributed by atoms with Gasteiger partial charge in [0.15, 0.2) is 11.5 Å². The molecule has 0 spiro atoms. The van der Waals surface area contributed by atoms with E-state index in [1.54, 1.807) is 6.33 Å². The molecule has 4 rings (SSSR count). The van der Waals surface area contributed by atoms with Crippen molar-refractivity contribution in [3.8, 4) is 11.5 Å². The second kappa shape index (κ2) is 9.10. The van der Waals surface area contributed by atoms with E-state index in [9.17, 15) is 0 Å². The normalized spacial score (nSPS) is 16.4. The lowest BCUT2D eigenvalue weighted by Gasteiger charge is -2.35. The van der Waals surface area contributed by atoms with Gasteiger partial charge in [0, 0.05) is 45.3 Å². The molecule has 0 amide bonds. The third-order valence-corrected chi connectivity index (χ3v) is 5.28. The number of unbranched alkanes of at least 4 members (excludes halogenated alkanes) is 2. The molecule has 0 bridgehead atoms. The lowest BCUT2D eigenvalue weighted by atomic mass is 10.1. The zero-order valence-electron chi connectivity index (χ0n) is 16.6. The maximum Gasteiger partial charge on any atom is 0.231 e. The summed E-state index contributed by atoms with van der Waals surface area (Å²) in [5.74, 6) is 3.63. The summed E-state index contributed by atoms with van der Waals surface area (Å²) < 4.78 is 10.9. The monoisotopic (exact) mass is 383 g/mol. The zero-order valence-corrected chi connectivity index (χ0v) is 16.6. The number of nitrogens with zero attached hydrogens (tertiary/aromatic N) is 4. The Balaban J connectivity index is 1.28. The first-order chi connectivity index (χ1) is 13.8. The predicted molar refractivity (Wildman–Crippen MR) is 110 cm³/mol. The SMILES string of the molecule is CCCCCNc1cc(N2CCN(Cc3ccc4c(c3)OCO4)CC2)ncn1. The van der Waals surface area contributed by atoms with Gasteiger partial charge in [0.05, 0.1) is 0 Å². The van der Waals surface area contributed by atoms with E-state index in [2.05, 4.69) is 50.2 Å². The topological polar surface area (TPSA) is 62.8 Å². The van der Waals surface area contributed by atoms with Crippen LogP contribution in [0.3, 0.4) is 0 Å². The Hall–Kier alpha value is -2.54. The summed E-state index contributed by atoms with van der Waals surface area (Å²) in [6.07, 6.45) is 5.31. The van der Waals surface area contributed by atoms with Gasteiger partial charge in [-0.1, -0.05) is 25.8 Å². The molecule has 1 aromatic heterocycles. The molecule has 1 N–H and O–H groups in total. The Labute approximate surface area is 166 Å². The van der Waals surface area contributed by atoms with Crippen molar-refractivity contribution < 1.29 is 9.47 Å². The molecule has 2 aliphatic rings. The summed E-state index contributed by atoms with van der Waals surface area (Å²) in [6.45, 7) is 8.40. The highest BCUT2D eigenvalue weighted by Crippen LogP contribution is 2.32. The third kappa shape index (κ3) is 4.65. The molecular formula is C21H29N5O2. The Kier molecular flexibility index (Phi) is 6.11. The quantitative estimate of drug-likeness (QED) is 0.703. The van der Waals surface area contributed by atoms with Crippen LogP contribution >= 0.6 is 0 Å². The van der Waals surface area contributed by atoms with E-state index in [1.807, 2.05) is 6.07 Å². The number of fused-ring (bicyclic) bond motifs is 1. The molecule has 2 aromatic rings. The Morgan fingerprint density at radius 3 is 2.71 bits per heavy atom. The number of anilines is 2. The van der Waals surface area contributed by atoms with Crippen molar-refractivity contribution in [2.24, 2.45) is 0 Å². The molecule has 28 heavy (non-hydrogen) atoms. The van der Waals surface area contributed by atoms with Crippen molar-refractivity contribution in [1.82, 2.24) is 14.9 Å². The van der Waals surface area contributed by atoms with Crippen molar-refractivity contribution in [2.75, 3.05) is 49.7 Å². The van der Waals surface area contributed by atoms with E-state index in [0.29, 0.717) is 6.79 Å². The highest BCUT2D eigenvalue weighted by molar-refractivity contribution is 5.49. The summed E-state index contributed by atoms with van der Waals surface area (Å²) in [6, 6.07) is 8.29. The average Bonchev–Trinajstić information content (AvgIpc) is 3.20. The van der Waals surface area contributed by atoms with E-state index in [0.717, 1.165) is 62.4 Å². The standard InChI is InChI=1S/C21H29N5O2/c1-2-3-4-7-22-20-13-21(24-15-23-20)26-10-8-25(9-11-26)14-17-5-6-18-19(12-17)28-16-27-18/h5-6,12-13,15H,2-4,7-11,14,16H2,1H3,(H,22,23,24). The van der Waals surface area contributed by atoms with Crippen LogP contribution in [-0.4, -0.2) is 54.4 Å². The van der Waals surface area contributed by atoms with E-state index in [1.165, 1.54) is 24.8 Å². The van der Waals surface area contributed by atoms with E-state index >= 15 is 0 Å². The van der Waals surface area contributed by atoms with Gasteiger partial charge in [-0.2, -0.15) is 0 Å². The summed E-state index contributed by atoms with van der Waals surface area (Å²) >= 11 is 0. The van der Waals surface area contributed by atoms with E-state index < -0.39 is 0 Å². The molecule has 1 aromatic carbocycles. The number of hydrogen-bond donors (Lipinski definition) is 1. The molecule has 0 atom stereocenters. The van der Waals surface area contributed by atoms with E-state index in [4.69, 9.17) is 9.47 Å². The predicted octanol–water partition coefficient (Wildman–Crippen LogP) is 3.13. The fourth-order valence-electron chi connectivity index (χ4n) is 3.64.